The molecule has 22 heavy (non-hydrogen) atoms. The lowest BCUT2D eigenvalue weighted by Crippen LogP contribution is -2.35. The first kappa shape index (κ1) is 14.9. The van der Waals surface area contributed by atoms with E-state index in [2.05, 4.69) is 16.5 Å². The molecule has 3 rings (SSSR count). The molecule has 1 aromatic heterocycles. The van der Waals surface area contributed by atoms with Crippen molar-refractivity contribution in [1.82, 2.24) is 15.1 Å². The molecular formula is C16H18ClN3O2. The summed E-state index contributed by atoms with van der Waals surface area (Å²) in [4.78, 5) is 12.2. The number of benzene rings is 1. The van der Waals surface area contributed by atoms with Crippen LogP contribution in [0.3, 0.4) is 0 Å². The molecule has 2 aromatic rings. The number of hydrogen-bond donors (Lipinski definition) is 1. The van der Waals surface area contributed by atoms with Gasteiger partial charge in [0.15, 0.2) is 5.69 Å². The van der Waals surface area contributed by atoms with Gasteiger partial charge in [0.2, 0.25) is 0 Å². The lowest BCUT2D eigenvalue weighted by Gasteiger charge is -2.25. The average molecular weight is 320 g/mol. The summed E-state index contributed by atoms with van der Waals surface area (Å²) in [5.74, 6) is 0.948. The number of fused-ring (bicyclic) bond motifs is 1. The second-order valence-electron chi connectivity index (χ2n) is 5.57. The van der Waals surface area contributed by atoms with E-state index in [1.165, 1.54) is 5.56 Å². The van der Waals surface area contributed by atoms with Crippen LogP contribution in [0.4, 0.5) is 0 Å². The summed E-state index contributed by atoms with van der Waals surface area (Å²) in [6, 6.07) is 7.99. The summed E-state index contributed by atoms with van der Waals surface area (Å²) >= 11 is 6.13. The molecule has 0 aliphatic carbocycles. The van der Waals surface area contributed by atoms with Gasteiger partial charge in [-0.2, -0.15) is 5.10 Å². The number of nitrogens with one attached hydrogen (secondary N) is 1. The monoisotopic (exact) mass is 319 g/mol. The Bertz CT molecular complexity index is 711. The van der Waals surface area contributed by atoms with Crippen LogP contribution in [0.2, 0.25) is 5.02 Å². The van der Waals surface area contributed by atoms with E-state index in [4.69, 9.17) is 16.3 Å². The van der Waals surface area contributed by atoms with E-state index in [9.17, 15) is 4.79 Å². The summed E-state index contributed by atoms with van der Waals surface area (Å²) in [6.45, 7) is 2.98. The molecule has 6 heteroatoms. The van der Waals surface area contributed by atoms with Crippen LogP contribution in [-0.4, -0.2) is 28.8 Å². The number of aryl methyl sites for hydroxylation is 1. The first-order chi connectivity index (χ1) is 10.6. The first-order valence-electron chi connectivity index (χ1n) is 7.24. The Labute approximate surface area is 134 Å². The van der Waals surface area contributed by atoms with E-state index in [-0.39, 0.29) is 17.5 Å². The minimum absolute atomic E-state index is 0.243. The predicted octanol–water partition coefficient (Wildman–Crippen LogP) is 2.36. The number of ether oxygens (including phenoxy) is 1. The number of carbonyl (C=O) groups is 1. The summed E-state index contributed by atoms with van der Waals surface area (Å²) < 4.78 is 7.33. The highest BCUT2D eigenvalue weighted by Gasteiger charge is 2.22. The predicted molar refractivity (Wildman–Crippen MR) is 84.4 cm³/mol. The van der Waals surface area contributed by atoms with Crippen LogP contribution in [0.1, 0.15) is 21.7 Å². The zero-order chi connectivity index (χ0) is 15.7. The zero-order valence-electron chi connectivity index (χ0n) is 12.6. The van der Waals surface area contributed by atoms with Crippen molar-refractivity contribution in [2.45, 2.75) is 13.3 Å². The standard InChI is InChI=1S/C16H18ClN3O2/c1-10-14(17)15(19-20(10)2)16(21)18-8-11-7-12-5-3-4-6-13(12)22-9-11/h3-6,11H,7-9H2,1-2H3,(H,18,21). The van der Waals surface area contributed by atoms with E-state index in [1.54, 1.807) is 11.7 Å². The number of carbonyl (C=O) groups excluding carboxylic acids is 1. The van der Waals surface area contributed by atoms with Gasteiger partial charge in [-0.3, -0.25) is 9.48 Å². The molecule has 1 aromatic carbocycles. The molecule has 1 amide bonds. The summed E-state index contributed by atoms with van der Waals surface area (Å²) in [5.41, 5.74) is 2.24. The molecular weight excluding hydrogens is 302 g/mol. The molecule has 0 saturated heterocycles. The molecule has 0 radical (unpaired) electrons. The number of aromatic nitrogens is 2. The van der Waals surface area contributed by atoms with Crippen molar-refractivity contribution in [3.05, 3.63) is 46.2 Å². The second-order valence-corrected chi connectivity index (χ2v) is 5.95. The molecule has 1 atom stereocenters. The van der Waals surface area contributed by atoms with Crippen LogP contribution in [-0.2, 0) is 13.5 Å². The average Bonchev–Trinajstić information content (AvgIpc) is 2.80. The fourth-order valence-corrected chi connectivity index (χ4v) is 2.82. The van der Waals surface area contributed by atoms with Gasteiger partial charge in [-0.1, -0.05) is 29.8 Å². The number of halogens is 1. The number of para-hydroxylation sites is 1. The van der Waals surface area contributed by atoms with Crippen LogP contribution < -0.4 is 10.1 Å². The van der Waals surface area contributed by atoms with Crippen LogP contribution in [0, 0.1) is 12.8 Å². The van der Waals surface area contributed by atoms with E-state index in [0.717, 1.165) is 17.9 Å². The number of amides is 1. The molecule has 1 unspecified atom stereocenters. The molecule has 116 valence electrons. The molecule has 2 heterocycles. The lowest BCUT2D eigenvalue weighted by atomic mass is 9.97. The molecule has 5 nitrogen and oxygen atoms in total. The van der Waals surface area contributed by atoms with Crippen molar-refractivity contribution in [2.24, 2.45) is 13.0 Å². The Balaban J connectivity index is 1.61. The summed E-state index contributed by atoms with van der Waals surface area (Å²) in [6.07, 6.45) is 0.894. The molecule has 0 bridgehead atoms. The van der Waals surface area contributed by atoms with Gasteiger partial charge < -0.3 is 10.1 Å². The van der Waals surface area contributed by atoms with Crippen molar-refractivity contribution >= 4 is 17.5 Å². The van der Waals surface area contributed by atoms with Gasteiger partial charge in [0, 0.05) is 19.5 Å². The Morgan fingerprint density at radius 1 is 1.50 bits per heavy atom. The topological polar surface area (TPSA) is 56.1 Å². The maximum absolute atomic E-state index is 12.2. The number of nitrogens with zero attached hydrogens (tertiary/aromatic N) is 2. The smallest absolute Gasteiger partial charge is 0.273 e. The van der Waals surface area contributed by atoms with Crippen molar-refractivity contribution in [3.63, 3.8) is 0 Å². The van der Waals surface area contributed by atoms with Gasteiger partial charge in [0.1, 0.15) is 5.75 Å². The van der Waals surface area contributed by atoms with Gasteiger partial charge in [-0.25, -0.2) is 0 Å². The molecule has 1 aliphatic heterocycles. The fourth-order valence-electron chi connectivity index (χ4n) is 2.57. The maximum atomic E-state index is 12.2. The van der Waals surface area contributed by atoms with E-state index in [1.807, 2.05) is 25.1 Å². The Morgan fingerprint density at radius 3 is 3.00 bits per heavy atom. The Morgan fingerprint density at radius 2 is 2.27 bits per heavy atom. The van der Waals surface area contributed by atoms with Crippen LogP contribution >= 0.6 is 11.6 Å². The quantitative estimate of drug-likeness (QED) is 0.945. The maximum Gasteiger partial charge on any atom is 0.273 e. The van der Waals surface area contributed by atoms with E-state index in [0.29, 0.717) is 18.2 Å². The van der Waals surface area contributed by atoms with Gasteiger partial charge >= 0.3 is 0 Å². The minimum atomic E-state index is -0.243. The van der Waals surface area contributed by atoms with Gasteiger partial charge in [0.25, 0.3) is 5.91 Å². The van der Waals surface area contributed by atoms with Crippen molar-refractivity contribution in [1.29, 1.82) is 0 Å². The fraction of sp³-hybridized carbons (Fsp3) is 0.375. The van der Waals surface area contributed by atoms with Crippen molar-refractivity contribution in [2.75, 3.05) is 13.2 Å². The number of hydrogen-bond acceptors (Lipinski definition) is 3. The van der Waals surface area contributed by atoms with Gasteiger partial charge in [-0.15, -0.1) is 0 Å². The molecule has 0 fully saturated rings. The summed E-state index contributed by atoms with van der Waals surface area (Å²) in [7, 11) is 1.77. The molecule has 0 saturated carbocycles. The highest BCUT2D eigenvalue weighted by atomic mass is 35.5. The van der Waals surface area contributed by atoms with Crippen LogP contribution in [0.15, 0.2) is 24.3 Å². The Hall–Kier alpha value is -2.01. The van der Waals surface area contributed by atoms with Crippen molar-refractivity contribution < 1.29 is 9.53 Å². The lowest BCUT2D eigenvalue weighted by molar-refractivity contribution is 0.0933. The highest BCUT2D eigenvalue weighted by Crippen LogP contribution is 2.26. The first-order valence-corrected chi connectivity index (χ1v) is 7.62. The SMILES string of the molecule is Cc1c(Cl)c(C(=O)NCC2COc3ccccc3C2)nn1C. The van der Waals surface area contributed by atoms with Crippen LogP contribution in [0.25, 0.3) is 0 Å². The molecule has 1 aliphatic rings. The minimum Gasteiger partial charge on any atom is -0.493 e. The van der Waals surface area contributed by atoms with Crippen molar-refractivity contribution in [3.8, 4) is 5.75 Å². The second kappa shape index (κ2) is 6.01. The van der Waals surface area contributed by atoms with Gasteiger partial charge in [-0.05, 0) is 25.0 Å². The highest BCUT2D eigenvalue weighted by molar-refractivity contribution is 6.34. The van der Waals surface area contributed by atoms with E-state index < -0.39 is 0 Å². The van der Waals surface area contributed by atoms with E-state index >= 15 is 0 Å². The Kier molecular flexibility index (Phi) is 4.07. The largest absolute Gasteiger partial charge is 0.493 e. The third-order valence-electron chi connectivity index (χ3n) is 3.98. The third-order valence-corrected chi connectivity index (χ3v) is 4.44. The normalized spacial score (nSPS) is 16.8. The third kappa shape index (κ3) is 2.81. The molecule has 0 spiro atoms. The summed E-state index contributed by atoms with van der Waals surface area (Å²) in [5, 5.41) is 7.46. The molecule has 1 N–H and O–H groups in total. The zero-order valence-corrected chi connectivity index (χ0v) is 13.4. The van der Waals surface area contributed by atoms with Gasteiger partial charge in [0.05, 0.1) is 17.3 Å². The van der Waals surface area contributed by atoms with Crippen LogP contribution in [0.5, 0.6) is 5.75 Å². The number of rotatable bonds is 3.